The monoisotopic (exact) mass is 219 g/mol. The zero-order valence-corrected chi connectivity index (χ0v) is 10.9. The van der Waals surface area contributed by atoms with Gasteiger partial charge in [0.1, 0.15) is 0 Å². The van der Waals surface area contributed by atoms with Gasteiger partial charge in [-0.3, -0.25) is 0 Å². The number of nitrogens with one attached hydrogen (secondary N) is 1. The van der Waals surface area contributed by atoms with Crippen LogP contribution in [-0.2, 0) is 0 Å². The van der Waals surface area contributed by atoms with Crippen LogP contribution in [0.25, 0.3) is 0 Å². The maximum Gasteiger partial charge on any atom is 0.0104 e. The smallest absolute Gasteiger partial charge is 0.0104 e. The molecule has 0 radical (unpaired) electrons. The van der Waals surface area contributed by atoms with E-state index >= 15 is 0 Å². The van der Waals surface area contributed by atoms with Gasteiger partial charge in [0.15, 0.2) is 0 Å². The molecule has 14 heavy (non-hydrogen) atoms. The van der Waals surface area contributed by atoms with Crippen molar-refractivity contribution in [2.45, 2.75) is 0 Å². The molecule has 0 saturated heterocycles. The summed E-state index contributed by atoms with van der Waals surface area (Å²) in [7, 11) is 6.39. The minimum absolute atomic E-state index is 1.09. The predicted octanol–water partition coefficient (Wildman–Crippen LogP) is 0.432. The summed E-state index contributed by atoms with van der Waals surface area (Å²) in [6.07, 6.45) is 2.16. The molecule has 0 rings (SSSR count). The van der Waals surface area contributed by atoms with Crippen LogP contribution in [-0.4, -0.2) is 75.7 Å². The van der Waals surface area contributed by atoms with E-state index in [1.165, 1.54) is 12.3 Å². The number of hydrogen-bond donors (Lipinski definition) is 1. The van der Waals surface area contributed by atoms with Crippen LogP contribution in [0.3, 0.4) is 0 Å². The minimum Gasteiger partial charge on any atom is -0.314 e. The summed E-state index contributed by atoms with van der Waals surface area (Å²) in [5.74, 6) is 1.23. The van der Waals surface area contributed by atoms with Crippen LogP contribution in [0.1, 0.15) is 0 Å². The Kier molecular flexibility index (Phi) is 9.93. The van der Waals surface area contributed by atoms with Gasteiger partial charge < -0.3 is 15.1 Å². The van der Waals surface area contributed by atoms with Gasteiger partial charge in [0.25, 0.3) is 0 Å². The highest BCUT2D eigenvalue weighted by atomic mass is 32.2. The van der Waals surface area contributed by atoms with Crippen LogP contribution < -0.4 is 5.32 Å². The molecule has 0 aromatic carbocycles. The first-order valence-corrected chi connectivity index (χ1v) is 6.59. The molecule has 4 heteroatoms. The van der Waals surface area contributed by atoms with Crippen molar-refractivity contribution in [1.29, 1.82) is 0 Å². The molecule has 86 valence electrons. The second kappa shape index (κ2) is 9.77. The van der Waals surface area contributed by atoms with Crippen LogP contribution >= 0.6 is 11.8 Å². The Balaban J connectivity index is 3.10. The molecule has 0 aromatic rings. The second-order valence-corrected chi connectivity index (χ2v) is 4.83. The maximum atomic E-state index is 3.43. The summed E-state index contributed by atoms with van der Waals surface area (Å²) in [6, 6.07) is 0. The maximum absolute atomic E-state index is 3.43. The van der Waals surface area contributed by atoms with Crippen molar-refractivity contribution in [3.63, 3.8) is 0 Å². The zero-order valence-electron chi connectivity index (χ0n) is 10.0. The zero-order chi connectivity index (χ0) is 10.8. The molecule has 0 saturated carbocycles. The standard InChI is InChI=1S/C10H25N3S/c1-12(2)7-5-11-6-8-13(3)9-10-14-4/h11H,5-10H2,1-4H3. The van der Waals surface area contributed by atoms with Gasteiger partial charge in [-0.1, -0.05) is 0 Å². The highest BCUT2D eigenvalue weighted by Gasteiger charge is 1.96. The molecule has 0 aliphatic heterocycles. The second-order valence-electron chi connectivity index (χ2n) is 3.85. The van der Waals surface area contributed by atoms with E-state index in [1.807, 2.05) is 11.8 Å². The van der Waals surface area contributed by atoms with Crippen molar-refractivity contribution in [2.75, 3.05) is 65.9 Å². The summed E-state index contributed by atoms with van der Waals surface area (Å²) >= 11 is 1.91. The van der Waals surface area contributed by atoms with Crippen LogP contribution in [0.2, 0.25) is 0 Å². The van der Waals surface area contributed by atoms with Gasteiger partial charge in [0, 0.05) is 38.5 Å². The third-order valence-electron chi connectivity index (χ3n) is 2.08. The number of rotatable bonds is 9. The normalized spacial score (nSPS) is 11.6. The van der Waals surface area contributed by atoms with Gasteiger partial charge in [-0.25, -0.2) is 0 Å². The molecule has 0 unspecified atom stereocenters. The third-order valence-corrected chi connectivity index (χ3v) is 2.67. The number of likely N-dealkylation sites (N-methyl/N-ethyl adjacent to an activating group) is 2. The molecular weight excluding hydrogens is 194 g/mol. The van der Waals surface area contributed by atoms with Gasteiger partial charge >= 0.3 is 0 Å². The largest absolute Gasteiger partial charge is 0.314 e. The minimum atomic E-state index is 1.09. The van der Waals surface area contributed by atoms with Gasteiger partial charge in [-0.15, -0.1) is 0 Å². The van der Waals surface area contributed by atoms with E-state index in [-0.39, 0.29) is 0 Å². The van der Waals surface area contributed by atoms with E-state index in [2.05, 4.69) is 42.5 Å². The van der Waals surface area contributed by atoms with Crippen molar-refractivity contribution in [2.24, 2.45) is 0 Å². The van der Waals surface area contributed by atoms with E-state index in [1.54, 1.807) is 0 Å². The highest BCUT2D eigenvalue weighted by Crippen LogP contribution is 1.91. The van der Waals surface area contributed by atoms with Crippen LogP contribution in [0.15, 0.2) is 0 Å². The average molecular weight is 219 g/mol. The van der Waals surface area contributed by atoms with Crippen molar-refractivity contribution < 1.29 is 0 Å². The number of hydrogen-bond acceptors (Lipinski definition) is 4. The molecular formula is C10H25N3S. The van der Waals surface area contributed by atoms with Gasteiger partial charge in [0.2, 0.25) is 0 Å². The van der Waals surface area contributed by atoms with E-state index < -0.39 is 0 Å². The molecule has 0 atom stereocenters. The fraction of sp³-hybridized carbons (Fsp3) is 1.00. The predicted molar refractivity (Wildman–Crippen MR) is 67.3 cm³/mol. The van der Waals surface area contributed by atoms with Crippen LogP contribution in [0.5, 0.6) is 0 Å². The number of thioether (sulfide) groups is 1. The Labute approximate surface area is 93.2 Å². The van der Waals surface area contributed by atoms with Crippen molar-refractivity contribution in [3.8, 4) is 0 Å². The number of nitrogens with zero attached hydrogens (tertiary/aromatic N) is 2. The Hall–Kier alpha value is 0.230. The molecule has 0 spiro atoms. The molecule has 1 N–H and O–H groups in total. The quantitative estimate of drug-likeness (QED) is 0.567. The van der Waals surface area contributed by atoms with Crippen LogP contribution in [0.4, 0.5) is 0 Å². The SMILES string of the molecule is CSCCN(C)CCNCCN(C)C. The van der Waals surface area contributed by atoms with E-state index in [0.717, 1.165) is 26.2 Å². The van der Waals surface area contributed by atoms with E-state index in [9.17, 15) is 0 Å². The first kappa shape index (κ1) is 14.2. The lowest BCUT2D eigenvalue weighted by molar-refractivity contribution is 0.342. The van der Waals surface area contributed by atoms with Crippen LogP contribution in [0, 0.1) is 0 Å². The lowest BCUT2D eigenvalue weighted by Crippen LogP contribution is -2.34. The fourth-order valence-electron chi connectivity index (χ4n) is 1.06. The average Bonchev–Trinajstić information content (AvgIpc) is 2.13. The molecule has 3 nitrogen and oxygen atoms in total. The van der Waals surface area contributed by atoms with Gasteiger partial charge in [-0.05, 0) is 27.4 Å². The molecule has 0 aromatic heterocycles. The third kappa shape index (κ3) is 10.3. The van der Waals surface area contributed by atoms with E-state index in [0.29, 0.717) is 0 Å². The van der Waals surface area contributed by atoms with Gasteiger partial charge in [0.05, 0.1) is 0 Å². The summed E-state index contributed by atoms with van der Waals surface area (Å²) in [5, 5.41) is 3.43. The summed E-state index contributed by atoms with van der Waals surface area (Å²) in [5.41, 5.74) is 0. The molecule has 0 aliphatic rings. The van der Waals surface area contributed by atoms with Crippen molar-refractivity contribution in [1.82, 2.24) is 15.1 Å². The highest BCUT2D eigenvalue weighted by molar-refractivity contribution is 7.98. The molecule has 0 amide bonds. The molecule has 0 bridgehead atoms. The molecule has 0 aliphatic carbocycles. The Morgan fingerprint density at radius 2 is 1.64 bits per heavy atom. The first-order chi connectivity index (χ1) is 6.66. The summed E-state index contributed by atoms with van der Waals surface area (Å²) in [4.78, 5) is 4.57. The molecule has 0 fully saturated rings. The Morgan fingerprint density at radius 1 is 1.00 bits per heavy atom. The Morgan fingerprint density at radius 3 is 2.21 bits per heavy atom. The summed E-state index contributed by atoms with van der Waals surface area (Å²) in [6.45, 7) is 5.64. The lowest BCUT2D eigenvalue weighted by atomic mass is 10.5. The van der Waals surface area contributed by atoms with E-state index in [4.69, 9.17) is 0 Å². The van der Waals surface area contributed by atoms with Gasteiger partial charge in [-0.2, -0.15) is 11.8 Å². The fourth-order valence-corrected chi connectivity index (χ4v) is 1.55. The summed E-state index contributed by atoms with van der Waals surface area (Å²) < 4.78 is 0. The topological polar surface area (TPSA) is 18.5 Å². The van der Waals surface area contributed by atoms with Crippen molar-refractivity contribution in [3.05, 3.63) is 0 Å². The first-order valence-electron chi connectivity index (χ1n) is 5.19. The Bertz CT molecular complexity index is 120. The lowest BCUT2D eigenvalue weighted by Gasteiger charge is -2.16. The molecule has 0 heterocycles. The van der Waals surface area contributed by atoms with Crippen molar-refractivity contribution >= 4 is 11.8 Å².